The van der Waals surface area contributed by atoms with Crippen LogP contribution in [0.15, 0.2) is 10.6 Å². The molecule has 5 nitrogen and oxygen atoms in total. The lowest BCUT2D eigenvalue weighted by molar-refractivity contribution is 0.590. The maximum atomic E-state index is 11.7. The quantitative estimate of drug-likeness (QED) is 0.481. The van der Waals surface area contributed by atoms with E-state index in [1.807, 2.05) is 0 Å². The van der Waals surface area contributed by atoms with Crippen LogP contribution in [0.4, 0.5) is 5.95 Å². The SMILES string of the molecule is Nc1ncc(Cl)c(-c2oc3c4c2P34=O)n1. The van der Waals surface area contributed by atoms with E-state index in [0.29, 0.717) is 22.0 Å². The molecule has 3 aliphatic heterocycles. The van der Waals surface area contributed by atoms with Crippen LogP contribution in [0.5, 0.6) is 0 Å². The molecule has 0 fully saturated rings. The van der Waals surface area contributed by atoms with Crippen molar-refractivity contribution in [2.75, 3.05) is 5.73 Å². The standard InChI is InChI=1S/C8H3ClN3O2P/c9-2-1-11-8(10)12-3(2)4-5-6-7(14-4)15(5,6)13/h1H,(H2,10,11,12). The van der Waals surface area contributed by atoms with Gasteiger partial charge in [-0.25, -0.2) is 9.97 Å². The van der Waals surface area contributed by atoms with Crippen molar-refractivity contribution in [3.63, 3.8) is 0 Å². The Morgan fingerprint density at radius 1 is 1.47 bits per heavy atom. The zero-order chi connectivity index (χ0) is 10.4. The van der Waals surface area contributed by atoms with Crippen molar-refractivity contribution in [2.24, 2.45) is 0 Å². The van der Waals surface area contributed by atoms with Crippen LogP contribution < -0.4 is 21.8 Å². The molecule has 0 saturated carbocycles. The molecule has 1 atom stereocenters. The normalized spacial score (nSPS) is 23.8. The van der Waals surface area contributed by atoms with Gasteiger partial charge in [0.2, 0.25) is 13.1 Å². The zero-order valence-electron chi connectivity index (χ0n) is 7.19. The predicted octanol–water partition coefficient (Wildman–Crippen LogP) is 0.238. The summed E-state index contributed by atoms with van der Waals surface area (Å²) in [6.45, 7) is 0. The number of nitrogens with zero attached hydrogens (tertiary/aromatic N) is 2. The molecule has 7 heteroatoms. The molecule has 0 aliphatic carbocycles. The van der Waals surface area contributed by atoms with Gasteiger partial charge in [0.15, 0.2) is 11.3 Å². The fourth-order valence-electron chi connectivity index (χ4n) is 1.80. The van der Waals surface area contributed by atoms with E-state index in [2.05, 4.69) is 9.97 Å². The molecule has 1 unspecified atom stereocenters. The van der Waals surface area contributed by atoms with Crippen LogP contribution in [0, 0.1) is 0 Å². The van der Waals surface area contributed by atoms with Gasteiger partial charge >= 0.3 is 0 Å². The second-order valence-corrected chi connectivity index (χ2v) is 6.39. The van der Waals surface area contributed by atoms with Crippen molar-refractivity contribution in [3.8, 4) is 11.5 Å². The first-order valence-electron chi connectivity index (χ1n) is 4.21. The van der Waals surface area contributed by atoms with Crippen molar-refractivity contribution in [1.82, 2.24) is 9.97 Å². The van der Waals surface area contributed by atoms with E-state index in [9.17, 15) is 4.57 Å². The Morgan fingerprint density at radius 3 is 2.80 bits per heavy atom. The molecular weight excluding hydrogens is 237 g/mol. The molecule has 5 rings (SSSR count). The topological polar surface area (TPSA) is 82.0 Å². The third-order valence-electron chi connectivity index (χ3n) is 2.63. The third-order valence-corrected chi connectivity index (χ3v) is 5.46. The number of anilines is 1. The molecule has 0 aromatic carbocycles. The summed E-state index contributed by atoms with van der Waals surface area (Å²) in [5.41, 5.74) is 6.51. The van der Waals surface area contributed by atoms with E-state index in [-0.39, 0.29) is 5.95 Å². The fraction of sp³-hybridized carbons (Fsp3) is 0. The van der Waals surface area contributed by atoms with Crippen LogP contribution in [0.25, 0.3) is 11.5 Å². The van der Waals surface area contributed by atoms with Crippen LogP contribution in [-0.4, -0.2) is 9.97 Å². The van der Waals surface area contributed by atoms with E-state index in [1.165, 1.54) is 6.20 Å². The molecule has 2 aromatic rings. The van der Waals surface area contributed by atoms with E-state index in [0.717, 1.165) is 10.6 Å². The smallest absolute Gasteiger partial charge is 0.220 e. The van der Waals surface area contributed by atoms with Gasteiger partial charge in [-0.15, -0.1) is 0 Å². The molecule has 2 bridgehead atoms. The Bertz CT molecular complexity index is 684. The molecule has 74 valence electrons. The highest BCUT2D eigenvalue weighted by Crippen LogP contribution is 2.70. The van der Waals surface area contributed by atoms with Gasteiger partial charge in [0.25, 0.3) is 0 Å². The minimum absolute atomic E-state index is 0.124. The molecule has 15 heavy (non-hydrogen) atoms. The zero-order valence-corrected chi connectivity index (χ0v) is 8.84. The summed E-state index contributed by atoms with van der Waals surface area (Å²) in [7, 11) is -2.22. The molecular formula is C8H3ClN3O2P. The Kier molecular flexibility index (Phi) is 1.03. The lowest BCUT2D eigenvalue weighted by atomic mass is 10.3. The number of rotatable bonds is 1. The van der Waals surface area contributed by atoms with Crippen LogP contribution >= 0.6 is 18.7 Å². The summed E-state index contributed by atoms with van der Waals surface area (Å²) in [5.74, 6) is 0.626. The lowest BCUT2D eigenvalue weighted by Gasteiger charge is -1.98. The number of furan rings is 1. The molecule has 0 spiro atoms. The number of aromatic nitrogens is 2. The highest BCUT2D eigenvalue weighted by atomic mass is 35.5. The van der Waals surface area contributed by atoms with Crippen LogP contribution in [0.2, 0.25) is 5.02 Å². The summed E-state index contributed by atoms with van der Waals surface area (Å²) >= 11 is 5.91. The second kappa shape index (κ2) is 1.96. The number of nitrogens with two attached hydrogens (primary N) is 1. The van der Waals surface area contributed by atoms with Gasteiger partial charge in [0.1, 0.15) is 5.69 Å². The van der Waals surface area contributed by atoms with Crippen molar-refractivity contribution in [3.05, 3.63) is 11.2 Å². The Balaban J connectivity index is 1.99. The monoisotopic (exact) mass is 239 g/mol. The Morgan fingerprint density at radius 2 is 2.20 bits per heavy atom. The molecule has 5 heterocycles. The molecule has 2 N–H and O–H groups in total. The molecule has 3 aliphatic rings. The number of hydrogen-bond acceptors (Lipinski definition) is 5. The predicted molar refractivity (Wildman–Crippen MR) is 55.7 cm³/mol. The fourth-order valence-corrected chi connectivity index (χ4v) is 4.46. The average Bonchev–Trinajstić information content (AvgIpc) is 2.87. The summed E-state index contributed by atoms with van der Waals surface area (Å²) in [6, 6.07) is 0. The average molecular weight is 240 g/mol. The van der Waals surface area contributed by atoms with Gasteiger partial charge in [0.05, 0.1) is 21.8 Å². The molecule has 0 amide bonds. The maximum absolute atomic E-state index is 11.7. The van der Waals surface area contributed by atoms with Crippen LogP contribution in [-0.2, 0) is 4.57 Å². The number of fused-ring (bicyclic) bond motifs is 1. The number of nitrogen functional groups attached to an aromatic ring is 1. The molecule has 2 aromatic heterocycles. The van der Waals surface area contributed by atoms with Gasteiger partial charge in [-0.3, -0.25) is 0 Å². The summed E-state index contributed by atoms with van der Waals surface area (Å²) < 4.78 is 17.1. The first kappa shape index (κ1) is 7.91. The third kappa shape index (κ3) is 0.693. The largest absolute Gasteiger partial charge is 0.449 e. The maximum Gasteiger partial charge on any atom is 0.220 e. The molecule has 0 radical (unpaired) electrons. The van der Waals surface area contributed by atoms with Crippen LogP contribution in [0.3, 0.4) is 0 Å². The van der Waals surface area contributed by atoms with E-state index in [1.54, 1.807) is 0 Å². The summed E-state index contributed by atoms with van der Waals surface area (Å²) in [5, 5.41) is 2.02. The number of halogens is 1. The highest BCUT2D eigenvalue weighted by molar-refractivity contribution is 8.06. The van der Waals surface area contributed by atoms with E-state index < -0.39 is 7.14 Å². The first-order chi connectivity index (χ1) is 7.14. The van der Waals surface area contributed by atoms with Crippen molar-refractivity contribution < 1.29 is 8.98 Å². The number of hydrogen-bond donors (Lipinski definition) is 1. The van der Waals surface area contributed by atoms with Gasteiger partial charge in [-0.1, -0.05) is 11.6 Å². The van der Waals surface area contributed by atoms with Gasteiger partial charge < -0.3 is 14.7 Å². The highest BCUT2D eigenvalue weighted by Gasteiger charge is 2.75. The van der Waals surface area contributed by atoms with E-state index >= 15 is 0 Å². The lowest BCUT2D eigenvalue weighted by Crippen LogP contribution is -2.00. The minimum Gasteiger partial charge on any atom is -0.449 e. The minimum atomic E-state index is -2.22. The summed E-state index contributed by atoms with van der Waals surface area (Å²) in [4.78, 5) is 7.73. The van der Waals surface area contributed by atoms with Gasteiger partial charge in [-0.2, -0.15) is 0 Å². The summed E-state index contributed by atoms with van der Waals surface area (Å²) in [6.07, 6.45) is 1.41. The Hall–Kier alpha value is -1.32. The van der Waals surface area contributed by atoms with Crippen molar-refractivity contribution >= 4 is 40.8 Å². The van der Waals surface area contributed by atoms with E-state index in [4.69, 9.17) is 21.8 Å². The van der Waals surface area contributed by atoms with Gasteiger partial charge in [-0.05, 0) is 0 Å². The van der Waals surface area contributed by atoms with Crippen molar-refractivity contribution in [2.45, 2.75) is 0 Å². The van der Waals surface area contributed by atoms with Crippen molar-refractivity contribution in [1.29, 1.82) is 0 Å². The van der Waals surface area contributed by atoms with Crippen LogP contribution in [0.1, 0.15) is 0 Å². The Labute approximate surface area is 88.6 Å². The molecule has 0 saturated heterocycles. The second-order valence-electron chi connectivity index (χ2n) is 3.47. The van der Waals surface area contributed by atoms with Gasteiger partial charge in [0, 0.05) is 0 Å². The first-order valence-corrected chi connectivity index (χ1v) is 6.29.